The first-order chi connectivity index (χ1) is 9.38. The summed E-state index contributed by atoms with van der Waals surface area (Å²) in [6.07, 6.45) is 0.989. The van der Waals surface area contributed by atoms with E-state index in [1.807, 2.05) is 25.7 Å². The predicted molar refractivity (Wildman–Crippen MR) is 89.8 cm³/mol. The molecule has 0 aliphatic carbocycles. The lowest BCUT2D eigenvalue weighted by Crippen LogP contribution is -2.44. The Morgan fingerprint density at radius 1 is 1.10 bits per heavy atom. The summed E-state index contributed by atoms with van der Waals surface area (Å²) in [6, 6.07) is 0. The topological polar surface area (TPSA) is 49.6 Å². The zero-order valence-electron chi connectivity index (χ0n) is 13.7. The van der Waals surface area contributed by atoms with Crippen molar-refractivity contribution in [2.45, 2.75) is 41.0 Å². The van der Waals surface area contributed by atoms with Gasteiger partial charge in [-0.2, -0.15) is 0 Å². The third-order valence-corrected chi connectivity index (χ3v) is 3.98. The molecule has 20 heavy (non-hydrogen) atoms. The molecule has 0 aliphatic heterocycles. The predicted octanol–water partition coefficient (Wildman–Crippen LogP) is 2.13. The van der Waals surface area contributed by atoms with E-state index < -0.39 is 0 Å². The van der Waals surface area contributed by atoms with Crippen molar-refractivity contribution in [2.24, 2.45) is 17.6 Å². The Bertz CT molecular complexity index is 303. The molecule has 118 valence electrons. The minimum Gasteiger partial charge on any atom is -0.393 e. The molecule has 0 spiro atoms. The van der Waals surface area contributed by atoms with E-state index in [1.165, 1.54) is 0 Å². The summed E-state index contributed by atoms with van der Waals surface area (Å²) in [6.45, 7) is 14.9. The van der Waals surface area contributed by atoms with Crippen LogP contribution in [0.3, 0.4) is 0 Å². The van der Waals surface area contributed by atoms with Crippen molar-refractivity contribution in [3.63, 3.8) is 0 Å². The van der Waals surface area contributed by atoms with Gasteiger partial charge in [-0.15, -0.1) is 0 Å². The molecule has 5 heteroatoms. The molecule has 2 N–H and O–H groups in total. The van der Waals surface area contributed by atoms with E-state index >= 15 is 0 Å². The summed E-state index contributed by atoms with van der Waals surface area (Å²) >= 11 is 5.05. The molecule has 0 saturated heterocycles. The highest BCUT2D eigenvalue weighted by atomic mass is 32.1. The summed E-state index contributed by atoms with van der Waals surface area (Å²) in [5, 5.41) is 0. The Hall–Kier alpha value is -0.680. The molecule has 1 atom stereocenters. The number of hydrogen-bond acceptors (Lipinski definition) is 3. The molecule has 4 nitrogen and oxygen atoms in total. The summed E-state index contributed by atoms with van der Waals surface area (Å²) in [5.74, 6) is -0.107. The molecule has 0 aliphatic rings. The second-order valence-corrected chi connectivity index (χ2v) is 5.89. The minimum atomic E-state index is -0.335. The van der Waals surface area contributed by atoms with E-state index in [2.05, 4.69) is 18.7 Å². The monoisotopic (exact) mass is 301 g/mol. The molecule has 0 fully saturated rings. The molecular weight excluding hydrogens is 270 g/mol. The molecule has 0 bridgehead atoms. The van der Waals surface area contributed by atoms with Crippen LogP contribution in [-0.4, -0.2) is 53.4 Å². The molecule has 0 aromatic heterocycles. The largest absolute Gasteiger partial charge is 0.393 e. The maximum absolute atomic E-state index is 12.5. The molecule has 0 aromatic carbocycles. The highest BCUT2D eigenvalue weighted by Crippen LogP contribution is 2.15. The first-order valence-corrected chi connectivity index (χ1v) is 8.10. The standard InChI is InChI=1S/C15H31N3OS/c1-6-17(7-2)10-9-11-18(8-3)15(19)13(12(4)5)14(16)20/h12-13H,6-11H2,1-5H3,(H2,16,20). The number of amides is 1. The lowest BCUT2D eigenvalue weighted by molar-refractivity contribution is -0.134. The van der Waals surface area contributed by atoms with Crippen LogP contribution in [0, 0.1) is 11.8 Å². The first kappa shape index (κ1) is 19.3. The van der Waals surface area contributed by atoms with Gasteiger partial charge in [0.25, 0.3) is 0 Å². The van der Waals surface area contributed by atoms with Crippen molar-refractivity contribution in [1.29, 1.82) is 0 Å². The lowest BCUT2D eigenvalue weighted by Gasteiger charge is -2.28. The number of carbonyl (C=O) groups excluding carboxylic acids is 1. The third-order valence-electron chi connectivity index (χ3n) is 3.73. The molecular formula is C15H31N3OS. The van der Waals surface area contributed by atoms with Crippen LogP contribution in [0.5, 0.6) is 0 Å². The number of rotatable bonds is 10. The second-order valence-electron chi connectivity index (χ2n) is 5.42. The molecule has 0 aromatic rings. The zero-order chi connectivity index (χ0) is 15.7. The van der Waals surface area contributed by atoms with Crippen molar-refractivity contribution in [1.82, 2.24) is 9.80 Å². The van der Waals surface area contributed by atoms with Gasteiger partial charge in [0.1, 0.15) is 0 Å². The Morgan fingerprint density at radius 2 is 1.65 bits per heavy atom. The van der Waals surface area contributed by atoms with E-state index in [-0.39, 0.29) is 17.7 Å². The van der Waals surface area contributed by atoms with E-state index in [1.54, 1.807) is 0 Å². The fourth-order valence-corrected chi connectivity index (χ4v) is 2.75. The Balaban J connectivity index is 4.51. The molecule has 0 radical (unpaired) electrons. The van der Waals surface area contributed by atoms with Crippen LogP contribution in [0.15, 0.2) is 0 Å². The van der Waals surface area contributed by atoms with Gasteiger partial charge in [-0.05, 0) is 38.9 Å². The SMILES string of the molecule is CCN(CC)CCCN(CC)C(=O)C(C(N)=S)C(C)C. The number of hydrogen-bond donors (Lipinski definition) is 1. The summed E-state index contributed by atoms with van der Waals surface area (Å²) < 4.78 is 0. The van der Waals surface area contributed by atoms with Crippen LogP contribution >= 0.6 is 12.2 Å². The first-order valence-electron chi connectivity index (χ1n) is 7.69. The van der Waals surface area contributed by atoms with Gasteiger partial charge >= 0.3 is 0 Å². The summed E-state index contributed by atoms with van der Waals surface area (Å²) in [5.41, 5.74) is 5.73. The molecule has 0 saturated carbocycles. The van der Waals surface area contributed by atoms with Crippen LogP contribution < -0.4 is 5.73 Å². The number of nitrogens with zero attached hydrogens (tertiary/aromatic N) is 2. The summed E-state index contributed by atoms with van der Waals surface area (Å²) in [7, 11) is 0. The Morgan fingerprint density at radius 3 is 2.00 bits per heavy atom. The fraction of sp³-hybridized carbons (Fsp3) is 0.867. The van der Waals surface area contributed by atoms with Crippen LogP contribution in [0.1, 0.15) is 41.0 Å². The lowest BCUT2D eigenvalue weighted by atomic mass is 9.94. The van der Waals surface area contributed by atoms with E-state index in [0.29, 0.717) is 11.5 Å². The summed E-state index contributed by atoms with van der Waals surface area (Å²) in [4.78, 5) is 17.1. The minimum absolute atomic E-state index is 0.0783. The maximum Gasteiger partial charge on any atom is 0.232 e. The van der Waals surface area contributed by atoms with Crippen LogP contribution in [0.4, 0.5) is 0 Å². The quantitative estimate of drug-likeness (QED) is 0.628. The van der Waals surface area contributed by atoms with Gasteiger partial charge in [-0.25, -0.2) is 0 Å². The van der Waals surface area contributed by atoms with E-state index in [4.69, 9.17) is 18.0 Å². The van der Waals surface area contributed by atoms with Gasteiger partial charge in [-0.3, -0.25) is 4.79 Å². The smallest absolute Gasteiger partial charge is 0.232 e. The van der Waals surface area contributed by atoms with Crippen LogP contribution in [0.2, 0.25) is 0 Å². The second kappa shape index (κ2) is 10.1. The van der Waals surface area contributed by atoms with Gasteiger partial charge < -0.3 is 15.5 Å². The Labute approximate surface area is 129 Å². The van der Waals surface area contributed by atoms with Gasteiger partial charge in [0.15, 0.2) is 0 Å². The highest BCUT2D eigenvalue weighted by molar-refractivity contribution is 7.80. The average molecular weight is 302 g/mol. The van der Waals surface area contributed by atoms with Crippen molar-refractivity contribution >= 4 is 23.1 Å². The number of nitrogens with two attached hydrogens (primary N) is 1. The van der Waals surface area contributed by atoms with Gasteiger partial charge in [0.05, 0.1) is 10.9 Å². The van der Waals surface area contributed by atoms with Crippen molar-refractivity contribution < 1.29 is 4.79 Å². The van der Waals surface area contributed by atoms with E-state index in [0.717, 1.165) is 32.6 Å². The third kappa shape index (κ3) is 6.18. The van der Waals surface area contributed by atoms with Gasteiger partial charge in [-0.1, -0.05) is 39.9 Å². The van der Waals surface area contributed by atoms with Crippen molar-refractivity contribution in [2.75, 3.05) is 32.7 Å². The van der Waals surface area contributed by atoms with Gasteiger partial charge in [0.2, 0.25) is 5.91 Å². The maximum atomic E-state index is 12.5. The average Bonchev–Trinajstić information content (AvgIpc) is 2.38. The normalized spacial score (nSPS) is 12.8. The van der Waals surface area contributed by atoms with Crippen molar-refractivity contribution in [3.8, 4) is 0 Å². The van der Waals surface area contributed by atoms with Crippen LogP contribution in [0.25, 0.3) is 0 Å². The number of thiocarbonyl (C=S) groups is 1. The molecule has 1 unspecified atom stereocenters. The molecule has 0 rings (SSSR count). The van der Waals surface area contributed by atoms with Crippen LogP contribution in [-0.2, 0) is 4.79 Å². The fourth-order valence-electron chi connectivity index (χ4n) is 2.38. The molecule has 1 amide bonds. The zero-order valence-corrected chi connectivity index (χ0v) is 14.5. The van der Waals surface area contributed by atoms with Crippen molar-refractivity contribution in [3.05, 3.63) is 0 Å². The van der Waals surface area contributed by atoms with Gasteiger partial charge in [0, 0.05) is 13.1 Å². The van der Waals surface area contributed by atoms with E-state index in [9.17, 15) is 4.79 Å². The Kier molecular flexibility index (Phi) is 9.76. The number of carbonyl (C=O) groups is 1. The molecule has 0 heterocycles. The highest BCUT2D eigenvalue weighted by Gasteiger charge is 2.28.